The van der Waals surface area contributed by atoms with Gasteiger partial charge < -0.3 is 0 Å². The number of H-pyrrole nitrogens is 1. The number of aromatic amines is 1. The Kier molecular flexibility index (Phi) is 3.94. The van der Waals surface area contributed by atoms with Crippen LogP contribution in [0.15, 0.2) is 66.7 Å². The largest absolute Gasteiger partial charge is 0.272 e. The zero-order valence-corrected chi connectivity index (χ0v) is 14.5. The molecule has 4 heteroatoms. The summed E-state index contributed by atoms with van der Waals surface area (Å²) in [5.41, 5.74) is 5.66. The number of rotatable bonds is 4. The van der Waals surface area contributed by atoms with Gasteiger partial charge in [-0.05, 0) is 38.1 Å². The Balaban J connectivity index is 1.59. The van der Waals surface area contributed by atoms with Gasteiger partial charge in [-0.3, -0.25) is 5.32 Å². The average Bonchev–Trinajstić information content (AvgIpc) is 2.94. The fourth-order valence-electron chi connectivity index (χ4n) is 3.15. The lowest BCUT2D eigenvalue weighted by Gasteiger charge is -2.05. The highest BCUT2D eigenvalue weighted by Gasteiger charge is 2.15. The summed E-state index contributed by atoms with van der Waals surface area (Å²) in [7, 11) is 0. The standard InChI is InChI=1S/C21H20N4/c1-15-19(16(2)25(24-15)18-9-4-3-5-10-18)14-22-21-13-12-17-8-6-7-11-20(17)23-21/h3-13H,14H2,1-2H3,(H,22,23)/p+1. The molecule has 0 bridgehead atoms. The van der Waals surface area contributed by atoms with Crippen LogP contribution in [0.4, 0.5) is 5.82 Å². The second-order valence-electron chi connectivity index (χ2n) is 6.21. The van der Waals surface area contributed by atoms with Crippen LogP contribution in [0.3, 0.4) is 0 Å². The van der Waals surface area contributed by atoms with Gasteiger partial charge in [0.15, 0.2) is 0 Å². The van der Waals surface area contributed by atoms with Gasteiger partial charge in [0.05, 0.1) is 11.4 Å². The molecule has 4 aromatic rings. The molecule has 0 atom stereocenters. The van der Waals surface area contributed by atoms with E-state index in [1.165, 1.54) is 10.9 Å². The summed E-state index contributed by atoms with van der Waals surface area (Å²) in [5, 5.41) is 9.41. The van der Waals surface area contributed by atoms with Gasteiger partial charge in [-0.15, -0.1) is 0 Å². The van der Waals surface area contributed by atoms with Gasteiger partial charge in [0.2, 0.25) is 0 Å². The van der Waals surface area contributed by atoms with E-state index in [9.17, 15) is 0 Å². The first-order valence-electron chi connectivity index (χ1n) is 8.48. The van der Waals surface area contributed by atoms with Gasteiger partial charge in [-0.2, -0.15) is 5.10 Å². The smallest absolute Gasteiger partial charge is 0.270 e. The Morgan fingerprint density at radius 2 is 1.68 bits per heavy atom. The first-order chi connectivity index (χ1) is 12.2. The zero-order chi connectivity index (χ0) is 17.2. The molecule has 124 valence electrons. The molecular weight excluding hydrogens is 308 g/mol. The minimum Gasteiger partial charge on any atom is -0.270 e. The summed E-state index contributed by atoms with van der Waals surface area (Å²) in [6.45, 7) is 4.92. The zero-order valence-electron chi connectivity index (χ0n) is 14.5. The number of benzene rings is 2. The minimum absolute atomic E-state index is 0.735. The van der Waals surface area contributed by atoms with Gasteiger partial charge in [0.25, 0.3) is 5.82 Å². The predicted octanol–water partition coefficient (Wildman–Crippen LogP) is 4.07. The minimum atomic E-state index is 0.735. The number of pyridine rings is 1. The summed E-state index contributed by atoms with van der Waals surface area (Å²) in [6, 6.07) is 22.7. The molecule has 0 aliphatic carbocycles. The van der Waals surface area contributed by atoms with Crippen LogP contribution in [0.1, 0.15) is 17.0 Å². The number of anilines is 1. The maximum atomic E-state index is 4.71. The van der Waals surface area contributed by atoms with Crippen molar-refractivity contribution in [3.63, 3.8) is 0 Å². The molecule has 25 heavy (non-hydrogen) atoms. The molecule has 2 N–H and O–H groups in total. The van der Waals surface area contributed by atoms with Crippen LogP contribution >= 0.6 is 0 Å². The Morgan fingerprint density at radius 3 is 2.52 bits per heavy atom. The second kappa shape index (κ2) is 6.40. The van der Waals surface area contributed by atoms with Crippen molar-refractivity contribution in [3.8, 4) is 5.69 Å². The molecule has 0 saturated heterocycles. The summed E-state index contributed by atoms with van der Waals surface area (Å²) in [5.74, 6) is 1.00. The Hall–Kier alpha value is -3.14. The summed E-state index contributed by atoms with van der Waals surface area (Å²) in [6.07, 6.45) is 0. The average molecular weight is 329 g/mol. The van der Waals surface area contributed by atoms with Crippen LogP contribution in [-0.2, 0) is 6.54 Å². The molecule has 4 rings (SSSR count). The van der Waals surface area contributed by atoms with Gasteiger partial charge in [-0.25, -0.2) is 9.67 Å². The lowest BCUT2D eigenvalue weighted by molar-refractivity contribution is -0.327. The number of hydrogen-bond acceptors (Lipinski definition) is 2. The molecule has 0 fully saturated rings. The molecule has 0 unspecified atom stereocenters. The van der Waals surface area contributed by atoms with Crippen molar-refractivity contribution in [2.45, 2.75) is 20.4 Å². The maximum Gasteiger partial charge on any atom is 0.272 e. The topological polar surface area (TPSA) is 44.0 Å². The third kappa shape index (κ3) is 2.98. The first-order valence-corrected chi connectivity index (χ1v) is 8.48. The van der Waals surface area contributed by atoms with E-state index < -0.39 is 0 Å². The fourth-order valence-corrected chi connectivity index (χ4v) is 3.15. The molecule has 2 aromatic heterocycles. The van der Waals surface area contributed by atoms with E-state index in [0.717, 1.165) is 35.0 Å². The molecular formula is C21H21N4+. The van der Waals surface area contributed by atoms with Crippen LogP contribution < -0.4 is 10.3 Å². The Morgan fingerprint density at radius 1 is 0.920 bits per heavy atom. The number of aromatic nitrogens is 3. The molecule has 0 amide bonds. The van der Waals surface area contributed by atoms with Crippen LogP contribution in [0, 0.1) is 13.8 Å². The van der Waals surface area contributed by atoms with Gasteiger partial charge >= 0.3 is 0 Å². The number of nitrogens with one attached hydrogen (secondary N) is 2. The van der Waals surface area contributed by atoms with E-state index in [4.69, 9.17) is 5.10 Å². The molecule has 2 aromatic carbocycles. The van der Waals surface area contributed by atoms with Gasteiger partial charge in [-0.1, -0.05) is 36.4 Å². The third-order valence-electron chi connectivity index (χ3n) is 4.56. The SMILES string of the molecule is Cc1nn(-c2ccccc2)c(C)c1CNc1ccc2ccccc2[nH+]1. The van der Waals surface area contributed by atoms with E-state index >= 15 is 0 Å². The van der Waals surface area contributed by atoms with E-state index in [-0.39, 0.29) is 0 Å². The molecule has 0 saturated carbocycles. The van der Waals surface area contributed by atoms with Gasteiger partial charge in [0.1, 0.15) is 12.1 Å². The second-order valence-corrected chi connectivity index (χ2v) is 6.21. The fraction of sp³-hybridized carbons (Fsp3) is 0.143. The number of nitrogens with zero attached hydrogens (tertiary/aromatic N) is 2. The number of fused-ring (bicyclic) bond motifs is 1. The van der Waals surface area contributed by atoms with E-state index in [1.54, 1.807) is 0 Å². The first kappa shape index (κ1) is 15.4. The maximum absolute atomic E-state index is 4.71. The highest BCUT2D eigenvalue weighted by molar-refractivity contribution is 5.75. The third-order valence-corrected chi connectivity index (χ3v) is 4.56. The van der Waals surface area contributed by atoms with E-state index in [1.807, 2.05) is 35.0 Å². The van der Waals surface area contributed by atoms with Gasteiger partial charge in [0, 0.05) is 22.7 Å². The summed E-state index contributed by atoms with van der Waals surface area (Å²) in [4.78, 5) is 3.44. The van der Waals surface area contributed by atoms with Crippen LogP contribution in [0.25, 0.3) is 16.6 Å². The molecule has 0 radical (unpaired) electrons. The van der Waals surface area contributed by atoms with Crippen LogP contribution in [0.2, 0.25) is 0 Å². The lowest BCUT2D eigenvalue weighted by Crippen LogP contribution is -2.14. The normalized spacial score (nSPS) is 11.0. The van der Waals surface area contributed by atoms with Crippen molar-refractivity contribution in [2.75, 3.05) is 5.32 Å². The van der Waals surface area contributed by atoms with E-state index in [0.29, 0.717) is 0 Å². The van der Waals surface area contributed by atoms with Crippen molar-refractivity contribution < 1.29 is 4.98 Å². The monoisotopic (exact) mass is 329 g/mol. The predicted molar refractivity (Wildman–Crippen MR) is 101 cm³/mol. The quantitative estimate of drug-likeness (QED) is 0.613. The van der Waals surface area contributed by atoms with Crippen molar-refractivity contribution in [1.82, 2.24) is 9.78 Å². The molecule has 2 heterocycles. The van der Waals surface area contributed by atoms with Crippen molar-refractivity contribution in [1.29, 1.82) is 0 Å². The van der Waals surface area contributed by atoms with Crippen LogP contribution in [-0.4, -0.2) is 9.78 Å². The highest BCUT2D eigenvalue weighted by atomic mass is 15.3. The Labute approximate surface area is 147 Å². The van der Waals surface area contributed by atoms with Crippen molar-refractivity contribution >= 4 is 16.7 Å². The molecule has 4 nitrogen and oxygen atoms in total. The van der Waals surface area contributed by atoms with Crippen LogP contribution in [0.5, 0.6) is 0 Å². The molecule has 0 spiro atoms. The number of hydrogen-bond donors (Lipinski definition) is 1. The number of para-hydroxylation sites is 2. The number of aryl methyl sites for hydroxylation is 1. The van der Waals surface area contributed by atoms with Crippen molar-refractivity contribution in [3.05, 3.63) is 83.7 Å². The lowest BCUT2D eigenvalue weighted by atomic mass is 10.2. The highest BCUT2D eigenvalue weighted by Crippen LogP contribution is 2.19. The molecule has 0 aliphatic rings. The molecule has 0 aliphatic heterocycles. The summed E-state index contributed by atoms with van der Waals surface area (Å²) >= 11 is 0. The van der Waals surface area contributed by atoms with E-state index in [2.05, 4.69) is 60.5 Å². The summed E-state index contributed by atoms with van der Waals surface area (Å²) < 4.78 is 2.01. The van der Waals surface area contributed by atoms with Crippen molar-refractivity contribution in [2.24, 2.45) is 0 Å². The Bertz CT molecular complexity index is 1020.